The quantitative estimate of drug-likeness (QED) is 0.0124. The standard InChI is InChI=1S/C48H72N4O10/c1-32(23-17-14-15-22-30-51-48(49)50-6)24-18-16-19-25-33(2)31-36(5)43(61-47-42(56)40(54)41(55)44(62-47)46(58)60-8)34(3)26-20-12-10-9-11-13-21-27-35(4)45(57)52-39-37(53)28-29-38(39)59-7/h9-14,17-18,20-21,24,26-27,31-34,40-44,47,54-56H,15-16,19,22-23,25,28-30H2,1-8H3,(H,52,57)(H3,49,50,51). The maximum Gasteiger partial charge on any atom is 0.337 e. The van der Waals surface area contributed by atoms with E-state index < -0.39 is 42.8 Å². The molecule has 0 radical (unpaired) electrons. The summed E-state index contributed by atoms with van der Waals surface area (Å²) in [6.07, 6.45) is 25.4. The minimum atomic E-state index is -1.70. The number of ketones is 1. The minimum Gasteiger partial charge on any atom is -0.499 e. The summed E-state index contributed by atoms with van der Waals surface area (Å²) in [6.45, 7) is 10.7. The summed E-state index contributed by atoms with van der Waals surface area (Å²) in [5.41, 5.74) is 7.18. The fourth-order valence-corrected chi connectivity index (χ4v) is 6.72. The summed E-state index contributed by atoms with van der Waals surface area (Å²) >= 11 is 0. The molecule has 0 aromatic heterocycles. The lowest BCUT2D eigenvalue weighted by Gasteiger charge is -2.41. The van der Waals surface area contributed by atoms with E-state index in [2.05, 4.69) is 59.9 Å². The molecule has 1 amide bonds. The first kappa shape index (κ1) is 53.3. The fourth-order valence-electron chi connectivity index (χ4n) is 6.72. The summed E-state index contributed by atoms with van der Waals surface area (Å²) in [5.74, 6) is -0.0632. The molecule has 9 unspecified atom stereocenters. The van der Waals surface area contributed by atoms with E-state index in [4.69, 9.17) is 24.7 Å². The number of allylic oxidation sites excluding steroid dienone is 15. The second kappa shape index (κ2) is 29.4. The largest absolute Gasteiger partial charge is 0.499 e. The number of guanidine groups is 1. The second-order valence-electron chi connectivity index (χ2n) is 15.7. The number of Topliss-reactive ketones (excluding diaryl/α,β-unsaturated/α-hetero) is 1. The van der Waals surface area contributed by atoms with Crippen molar-refractivity contribution in [3.63, 3.8) is 0 Å². The van der Waals surface area contributed by atoms with Crippen molar-refractivity contribution in [2.45, 2.75) is 123 Å². The van der Waals surface area contributed by atoms with Crippen LogP contribution in [0.15, 0.2) is 113 Å². The zero-order valence-electron chi connectivity index (χ0n) is 37.9. The van der Waals surface area contributed by atoms with E-state index >= 15 is 0 Å². The number of methoxy groups -OCH3 is 2. The number of carbonyl (C=O) groups excluding carboxylic acids is 3. The van der Waals surface area contributed by atoms with Crippen LogP contribution in [0.4, 0.5) is 0 Å². The molecule has 2 aliphatic rings. The lowest BCUT2D eigenvalue weighted by atomic mass is 9.92. The van der Waals surface area contributed by atoms with Gasteiger partial charge in [-0.15, -0.1) is 0 Å². The Morgan fingerprint density at radius 1 is 0.887 bits per heavy atom. The number of unbranched alkanes of at least 4 members (excludes halogenated alkanes) is 2. The lowest BCUT2D eigenvalue weighted by molar-refractivity contribution is -0.303. The van der Waals surface area contributed by atoms with Gasteiger partial charge in [0.1, 0.15) is 29.8 Å². The van der Waals surface area contributed by atoms with Crippen molar-refractivity contribution in [3.8, 4) is 0 Å². The molecule has 1 fully saturated rings. The van der Waals surface area contributed by atoms with Crippen molar-refractivity contribution in [3.05, 3.63) is 108 Å². The highest BCUT2D eigenvalue weighted by Crippen LogP contribution is 2.29. The Morgan fingerprint density at radius 2 is 1.56 bits per heavy atom. The van der Waals surface area contributed by atoms with Gasteiger partial charge in [-0.2, -0.15) is 0 Å². The van der Waals surface area contributed by atoms with E-state index in [9.17, 15) is 29.7 Å². The average molecular weight is 865 g/mol. The van der Waals surface area contributed by atoms with Crippen molar-refractivity contribution >= 4 is 23.6 Å². The van der Waals surface area contributed by atoms with Crippen LogP contribution in [-0.4, -0.2) is 104 Å². The number of carbonyl (C=O) groups is 3. The molecule has 344 valence electrons. The topological polar surface area (TPSA) is 211 Å². The molecule has 0 aromatic rings. The van der Waals surface area contributed by atoms with E-state index in [1.165, 1.54) is 7.11 Å². The van der Waals surface area contributed by atoms with Crippen molar-refractivity contribution in [1.82, 2.24) is 10.6 Å². The molecular weight excluding hydrogens is 793 g/mol. The van der Waals surface area contributed by atoms with E-state index in [-0.39, 0.29) is 29.2 Å². The van der Waals surface area contributed by atoms with Crippen molar-refractivity contribution in [2.24, 2.45) is 28.5 Å². The fraction of sp³-hybridized carbons (Fsp3) is 0.542. The first-order chi connectivity index (χ1) is 29.6. The van der Waals surface area contributed by atoms with Crippen LogP contribution in [0.1, 0.15) is 86.0 Å². The number of aliphatic hydroxyl groups excluding tert-OH is 3. The first-order valence-electron chi connectivity index (χ1n) is 21.5. The van der Waals surface area contributed by atoms with Crippen LogP contribution in [0.25, 0.3) is 0 Å². The highest BCUT2D eigenvalue weighted by molar-refractivity contribution is 6.04. The molecule has 0 aromatic carbocycles. The molecular formula is C48H72N4O10. The zero-order chi connectivity index (χ0) is 46.0. The van der Waals surface area contributed by atoms with Crippen LogP contribution in [0.5, 0.6) is 0 Å². The molecule has 14 heteroatoms. The normalized spacial score (nSPS) is 24.0. The number of hydrogen-bond donors (Lipinski definition) is 6. The van der Waals surface area contributed by atoms with E-state index in [1.54, 1.807) is 38.3 Å². The van der Waals surface area contributed by atoms with Gasteiger partial charge in [-0.3, -0.25) is 14.6 Å². The van der Waals surface area contributed by atoms with Crippen LogP contribution >= 0.6 is 0 Å². The van der Waals surface area contributed by atoms with Crippen molar-refractivity contribution in [2.75, 3.05) is 27.8 Å². The Kier molecular flexibility index (Phi) is 25.3. The molecule has 2 rings (SSSR count). The molecule has 1 saturated heterocycles. The summed E-state index contributed by atoms with van der Waals surface area (Å²) in [7, 11) is 4.28. The Labute approximate surface area is 368 Å². The Hall–Kier alpha value is -4.86. The van der Waals surface area contributed by atoms with E-state index in [0.717, 1.165) is 57.8 Å². The van der Waals surface area contributed by atoms with Crippen molar-refractivity contribution in [1.29, 1.82) is 0 Å². The monoisotopic (exact) mass is 865 g/mol. The molecule has 0 saturated carbocycles. The van der Waals surface area contributed by atoms with E-state index in [1.807, 2.05) is 44.2 Å². The van der Waals surface area contributed by atoms with Crippen LogP contribution < -0.4 is 16.4 Å². The Morgan fingerprint density at radius 3 is 2.24 bits per heavy atom. The summed E-state index contributed by atoms with van der Waals surface area (Å²) in [5, 5.41) is 37.5. The summed E-state index contributed by atoms with van der Waals surface area (Å²) in [6, 6.07) is 0. The number of nitrogens with zero attached hydrogens (tertiary/aromatic N) is 1. The number of hydrogen-bond acceptors (Lipinski definition) is 11. The predicted octanol–water partition coefficient (Wildman–Crippen LogP) is 5.70. The molecule has 0 spiro atoms. The summed E-state index contributed by atoms with van der Waals surface area (Å²) < 4.78 is 22.0. The van der Waals surface area contributed by atoms with Crippen LogP contribution in [0, 0.1) is 17.8 Å². The number of amides is 1. The van der Waals surface area contributed by atoms with Crippen LogP contribution in [0.2, 0.25) is 0 Å². The highest BCUT2D eigenvalue weighted by Gasteiger charge is 2.48. The number of nitrogens with two attached hydrogens (primary N) is 1. The third kappa shape index (κ3) is 19.0. The average Bonchev–Trinajstić information content (AvgIpc) is 3.61. The number of aliphatic imine (C=N–C) groups is 1. The number of nitrogens with one attached hydrogen (secondary N) is 2. The number of rotatable bonds is 25. The Balaban J connectivity index is 2.04. The number of esters is 1. The van der Waals surface area contributed by atoms with Gasteiger partial charge in [0.2, 0.25) is 0 Å². The molecule has 7 N–H and O–H groups in total. The number of ether oxygens (including phenoxy) is 4. The third-order valence-corrected chi connectivity index (χ3v) is 10.4. The highest BCUT2D eigenvalue weighted by atomic mass is 16.7. The minimum absolute atomic E-state index is 0.144. The number of aliphatic hydroxyl groups is 3. The van der Waals surface area contributed by atoms with Gasteiger partial charge in [0, 0.05) is 37.9 Å². The van der Waals surface area contributed by atoms with Crippen molar-refractivity contribution < 1.29 is 48.7 Å². The van der Waals surface area contributed by atoms with Gasteiger partial charge < -0.3 is 50.6 Å². The molecule has 1 aliphatic carbocycles. The SMILES string of the molecule is CN=C(N)NCCCC=CCC(C)C=CCCCC(C)C=C(C)C(OC1OC(C(=O)OC)C(O)C(O)C1O)C(C)C=CC=CC=CC=CC=C(C)C(=O)NC1=C(OC)CCC1=O. The van der Waals surface area contributed by atoms with Gasteiger partial charge in [-0.05, 0) is 69.8 Å². The maximum absolute atomic E-state index is 12.5. The molecule has 62 heavy (non-hydrogen) atoms. The van der Waals surface area contributed by atoms with Gasteiger partial charge in [-0.25, -0.2) is 4.79 Å². The second-order valence-corrected chi connectivity index (χ2v) is 15.7. The third-order valence-electron chi connectivity index (χ3n) is 10.4. The van der Waals surface area contributed by atoms with Gasteiger partial charge in [0.25, 0.3) is 5.91 Å². The van der Waals surface area contributed by atoms with Gasteiger partial charge in [0.15, 0.2) is 24.1 Å². The molecule has 14 nitrogen and oxygen atoms in total. The van der Waals surface area contributed by atoms with Gasteiger partial charge in [-0.1, -0.05) is 106 Å². The van der Waals surface area contributed by atoms with Crippen LogP contribution in [-0.2, 0) is 33.3 Å². The zero-order valence-corrected chi connectivity index (χ0v) is 37.9. The molecule has 9 atom stereocenters. The summed E-state index contributed by atoms with van der Waals surface area (Å²) in [4.78, 5) is 40.8. The van der Waals surface area contributed by atoms with Gasteiger partial charge in [0.05, 0.1) is 20.3 Å². The predicted molar refractivity (Wildman–Crippen MR) is 243 cm³/mol. The van der Waals surface area contributed by atoms with E-state index in [0.29, 0.717) is 36.1 Å². The molecule has 0 bridgehead atoms. The Bertz CT molecular complexity index is 1740. The lowest BCUT2D eigenvalue weighted by Crippen LogP contribution is -2.61. The first-order valence-corrected chi connectivity index (χ1v) is 21.5. The molecule has 1 heterocycles. The molecule has 1 aliphatic heterocycles. The van der Waals surface area contributed by atoms with Gasteiger partial charge >= 0.3 is 5.97 Å². The van der Waals surface area contributed by atoms with Crippen LogP contribution in [0.3, 0.4) is 0 Å². The maximum atomic E-state index is 12.5. The smallest absolute Gasteiger partial charge is 0.337 e.